The highest BCUT2D eigenvalue weighted by Crippen LogP contribution is 2.27. The van der Waals surface area contributed by atoms with Gasteiger partial charge >= 0.3 is 4.87 Å². The maximum atomic E-state index is 11.9. The fraction of sp³-hybridized carbons (Fsp3) is 0.375. The number of para-hydroxylation sites is 1. The van der Waals surface area contributed by atoms with Crippen molar-refractivity contribution in [3.63, 3.8) is 0 Å². The molecule has 0 radical (unpaired) electrons. The Kier molecular flexibility index (Phi) is 4.29. The number of aryl methyl sites for hydroxylation is 1. The molecule has 1 aliphatic heterocycles. The van der Waals surface area contributed by atoms with Gasteiger partial charge in [0.1, 0.15) is 11.9 Å². The number of amides is 1. The van der Waals surface area contributed by atoms with E-state index in [1.54, 1.807) is 4.57 Å². The summed E-state index contributed by atoms with van der Waals surface area (Å²) in [7, 11) is 0. The van der Waals surface area contributed by atoms with Gasteiger partial charge < -0.3 is 14.6 Å². The molecular weight excluding hydrogens is 300 g/mol. The third kappa shape index (κ3) is 3.22. The first-order valence-corrected chi connectivity index (χ1v) is 8.17. The molecule has 2 aromatic rings. The van der Waals surface area contributed by atoms with E-state index in [9.17, 15) is 9.59 Å². The monoisotopic (exact) mass is 318 g/mol. The molecule has 0 aliphatic carbocycles. The van der Waals surface area contributed by atoms with Gasteiger partial charge in [-0.05, 0) is 18.6 Å². The van der Waals surface area contributed by atoms with Crippen LogP contribution >= 0.6 is 11.3 Å². The Morgan fingerprint density at radius 3 is 3.00 bits per heavy atom. The molecule has 2 heterocycles. The minimum atomic E-state index is -0.0583. The van der Waals surface area contributed by atoms with Crippen LogP contribution in [0.15, 0.2) is 34.4 Å². The van der Waals surface area contributed by atoms with Crippen molar-refractivity contribution >= 4 is 17.2 Å². The Labute approximate surface area is 132 Å². The fourth-order valence-electron chi connectivity index (χ4n) is 2.57. The Morgan fingerprint density at radius 2 is 2.27 bits per heavy atom. The molecule has 3 rings (SSSR count). The highest BCUT2D eigenvalue weighted by atomic mass is 32.1. The summed E-state index contributed by atoms with van der Waals surface area (Å²) in [6.07, 6.45) is 1.11. The van der Waals surface area contributed by atoms with Crippen LogP contribution in [-0.2, 0) is 17.8 Å². The second kappa shape index (κ2) is 6.36. The number of thiazole rings is 1. The smallest absolute Gasteiger partial charge is 0.307 e. The van der Waals surface area contributed by atoms with Crippen molar-refractivity contribution in [2.24, 2.45) is 0 Å². The van der Waals surface area contributed by atoms with Crippen LogP contribution in [0.1, 0.15) is 17.7 Å². The Balaban J connectivity index is 1.45. The lowest BCUT2D eigenvalue weighted by Gasteiger charge is -2.12. The summed E-state index contributed by atoms with van der Waals surface area (Å²) >= 11 is 1.17. The molecule has 22 heavy (non-hydrogen) atoms. The zero-order chi connectivity index (χ0) is 15.5. The summed E-state index contributed by atoms with van der Waals surface area (Å²) in [6, 6.07) is 7.93. The number of carbonyl (C=O) groups is 1. The molecule has 1 atom stereocenters. The van der Waals surface area contributed by atoms with Crippen molar-refractivity contribution in [1.82, 2.24) is 9.88 Å². The van der Waals surface area contributed by atoms with Gasteiger partial charge in [0, 0.05) is 30.5 Å². The average molecular weight is 318 g/mol. The molecule has 6 heteroatoms. The topological polar surface area (TPSA) is 60.3 Å². The van der Waals surface area contributed by atoms with Crippen molar-refractivity contribution in [3.8, 4) is 5.75 Å². The molecule has 1 amide bonds. The number of nitrogens with zero attached hydrogens (tertiary/aromatic N) is 1. The van der Waals surface area contributed by atoms with Crippen molar-refractivity contribution in [3.05, 3.63) is 50.6 Å². The molecule has 1 aromatic carbocycles. The maximum Gasteiger partial charge on any atom is 0.307 e. The standard InChI is InChI=1S/C16H18N2O3S/c1-11-10-22-16(20)18(11)7-6-15(19)17-9-13-8-12-4-2-3-5-14(12)21-13/h2-5,10,13H,6-9H2,1H3,(H,17,19). The quantitative estimate of drug-likeness (QED) is 0.913. The lowest BCUT2D eigenvalue weighted by molar-refractivity contribution is -0.121. The van der Waals surface area contributed by atoms with E-state index >= 15 is 0 Å². The highest BCUT2D eigenvalue weighted by molar-refractivity contribution is 7.07. The van der Waals surface area contributed by atoms with Gasteiger partial charge in [-0.2, -0.15) is 0 Å². The van der Waals surface area contributed by atoms with E-state index in [1.807, 2.05) is 36.6 Å². The third-order valence-electron chi connectivity index (χ3n) is 3.78. The molecule has 0 spiro atoms. The van der Waals surface area contributed by atoms with Gasteiger partial charge in [-0.25, -0.2) is 0 Å². The maximum absolute atomic E-state index is 11.9. The van der Waals surface area contributed by atoms with Crippen LogP contribution in [0.3, 0.4) is 0 Å². The van der Waals surface area contributed by atoms with Crippen LogP contribution in [0.25, 0.3) is 0 Å². The van der Waals surface area contributed by atoms with Crippen molar-refractivity contribution < 1.29 is 9.53 Å². The van der Waals surface area contributed by atoms with Gasteiger partial charge in [0.05, 0.1) is 6.54 Å². The van der Waals surface area contributed by atoms with Crippen molar-refractivity contribution in [2.45, 2.75) is 32.4 Å². The van der Waals surface area contributed by atoms with Crippen molar-refractivity contribution in [1.29, 1.82) is 0 Å². The predicted molar refractivity (Wildman–Crippen MR) is 85.5 cm³/mol. The number of benzene rings is 1. The zero-order valence-electron chi connectivity index (χ0n) is 12.4. The molecule has 1 unspecified atom stereocenters. The van der Waals surface area contributed by atoms with Gasteiger partial charge in [0.15, 0.2) is 0 Å². The van der Waals surface area contributed by atoms with Crippen LogP contribution in [0, 0.1) is 6.92 Å². The first kappa shape index (κ1) is 14.8. The lowest BCUT2D eigenvalue weighted by atomic mass is 10.1. The van der Waals surface area contributed by atoms with Crippen LogP contribution in [0.2, 0.25) is 0 Å². The number of ether oxygens (including phenoxy) is 1. The SMILES string of the molecule is Cc1csc(=O)n1CCC(=O)NCC1Cc2ccccc2O1. The molecule has 116 valence electrons. The minimum absolute atomic E-state index is 0.00745. The van der Waals surface area contributed by atoms with Gasteiger partial charge in [0.2, 0.25) is 5.91 Å². The molecule has 0 saturated heterocycles. The summed E-state index contributed by atoms with van der Waals surface area (Å²) in [5, 5.41) is 4.69. The van der Waals surface area contributed by atoms with E-state index in [1.165, 1.54) is 16.9 Å². The van der Waals surface area contributed by atoms with Crippen LogP contribution in [0.5, 0.6) is 5.75 Å². The number of aromatic nitrogens is 1. The first-order valence-electron chi connectivity index (χ1n) is 7.29. The molecule has 1 aliphatic rings. The predicted octanol–water partition coefficient (Wildman–Crippen LogP) is 1.73. The first-order chi connectivity index (χ1) is 10.6. The number of carbonyl (C=O) groups excluding carboxylic acids is 1. The van der Waals surface area contributed by atoms with Crippen LogP contribution < -0.4 is 14.9 Å². The Morgan fingerprint density at radius 1 is 1.45 bits per heavy atom. The minimum Gasteiger partial charge on any atom is -0.488 e. The number of hydrogen-bond acceptors (Lipinski definition) is 4. The van der Waals surface area contributed by atoms with E-state index in [-0.39, 0.29) is 16.9 Å². The van der Waals surface area contributed by atoms with E-state index in [0.29, 0.717) is 19.5 Å². The van der Waals surface area contributed by atoms with Crippen LogP contribution in [0.4, 0.5) is 0 Å². The third-order valence-corrected chi connectivity index (χ3v) is 4.66. The molecule has 0 fully saturated rings. The average Bonchev–Trinajstić information content (AvgIpc) is 3.07. The molecule has 0 bridgehead atoms. The summed E-state index contributed by atoms with van der Waals surface area (Å²) in [5.41, 5.74) is 2.08. The molecule has 0 saturated carbocycles. The van der Waals surface area contributed by atoms with E-state index in [0.717, 1.165) is 17.9 Å². The fourth-order valence-corrected chi connectivity index (χ4v) is 3.33. The molecule has 5 nitrogen and oxygen atoms in total. The van der Waals surface area contributed by atoms with Crippen molar-refractivity contribution in [2.75, 3.05) is 6.54 Å². The van der Waals surface area contributed by atoms with E-state index < -0.39 is 0 Å². The number of rotatable bonds is 5. The number of nitrogens with one attached hydrogen (secondary N) is 1. The normalized spacial score (nSPS) is 16.1. The lowest BCUT2D eigenvalue weighted by Crippen LogP contribution is -2.35. The van der Waals surface area contributed by atoms with E-state index in [2.05, 4.69) is 5.32 Å². The summed E-state index contributed by atoms with van der Waals surface area (Å²) in [5.74, 6) is 0.847. The molecule has 1 N–H and O–H groups in total. The Hall–Kier alpha value is -2.08. The number of hydrogen-bond donors (Lipinski definition) is 1. The summed E-state index contributed by atoms with van der Waals surface area (Å²) < 4.78 is 7.41. The van der Waals surface area contributed by atoms with Gasteiger partial charge in [0.25, 0.3) is 0 Å². The Bertz CT molecular complexity index is 710. The van der Waals surface area contributed by atoms with Crippen LogP contribution in [-0.4, -0.2) is 23.1 Å². The van der Waals surface area contributed by atoms with Gasteiger partial charge in [-0.15, -0.1) is 0 Å². The number of fused-ring (bicyclic) bond motifs is 1. The highest BCUT2D eigenvalue weighted by Gasteiger charge is 2.22. The summed E-state index contributed by atoms with van der Waals surface area (Å²) in [4.78, 5) is 23.5. The van der Waals surface area contributed by atoms with E-state index in [4.69, 9.17) is 4.74 Å². The summed E-state index contributed by atoms with van der Waals surface area (Å²) in [6.45, 7) is 2.79. The largest absolute Gasteiger partial charge is 0.488 e. The molecular formula is C16H18N2O3S. The van der Waals surface area contributed by atoms with Gasteiger partial charge in [-0.3, -0.25) is 9.59 Å². The second-order valence-electron chi connectivity index (χ2n) is 5.40. The molecule has 1 aromatic heterocycles. The second-order valence-corrected chi connectivity index (χ2v) is 6.22. The zero-order valence-corrected chi connectivity index (χ0v) is 13.2. The van der Waals surface area contributed by atoms with Gasteiger partial charge in [-0.1, -0.05) is 29.5 Å².